The lowest BCUT2D eigenvalue weighted by Gasteiger charge is -2.44. The molecule has 0 unspecified atom stereocenters. The van der Waals surface area contributed by atoms with Gasteiger partial charge in [0.25, 0.3) is 0 Å². The molecule has 0 amide bonds. The van der Waals surface area contributed by atoms with Gasteiger partial charge in [-0.2, -0.15) is 0 Å². The van der Waals surface area contributed by atoms with E-state index in [1.807, 2.05) is 27.7 Å². The number of methoxy groups -OCH3 is 1. The van der Waals surface area contributed by atoms with Crippen molar-refractivity contribution >= 4 is 24.2 Å². The van der Waals surface area contributed by atoms with Crippen molar-refractivity contribution in [1.29, 1.82) is 0 Å². The van der Waals surface area contributed by atoms with E-state index in [4.69, 9.17) is 9.47 Å². The second kappa shape index (κ2) is 5.86. The summed E-state index contributed by atoms with van der Waals surface area (Å²) >= 11 is 0. The Hall–Kier alpha value is -3.28. The standard InChI is InChI=1S/C23H20O6/c1-22(2)15-6-11(10-24)12(19(25)28-5)7-16(15)23(3,4)18-9-14-13(8-17(18)22)20(26)29-21(14)27/h6-10H,1-5H3. The molecule has 0 N–H and O–H groups in total. The van der Waals surface area contributed by atoms with Crippen molar-refractivity contribution in [1.82, 2.24) is 0 Å². The Balaban J connectivity index is 2.07. The second-order valence-electron chi connectivity index (χ2n) is 8.46. The van der Waals surface area contributed by atoms with Gasteiger partial charge in [-0.25, -0.2) is 14.4 Å². The lowest BCUT2D eigenvalue weighted by Crippen LogP contribution is -2.37. The zero-order valence-corrected chi connectivity index (χ0v) is 16.8. The molecule has 6 heteroatoms. The van der Waals surface area contributed by atoms with Crippen LogP contribution in [0.4, 0.5) is 0 Å². The Morgan fingerprint density at radius 3 is 1.76 bits per heavy atom. The predicted octanol–water partition coefficient (Wildman–Crippen LogP) is 3.56. The number of rotatable bonds is 2. The van der Waals surface area contributed by atoms with Crippen LogP contribution in [-0.4, -0.2) is 31.3 Å². The Labute approximate surface area is 167 Å². The van der Waals surface area contributed by atoms with E-state index < -0.39 is 28.7 Å². The summed E-state index contributed by atoms with van der Waals surface area (Å²) in [5.41, 5.74) is 3.27. The Morgan fingerprint density at radius 1 is 0.862 bits per heavy atom. The fourth-order valence-electron chi connectivity index (χ4n) is 4.49. The van der Waals surface area contributed by atoms with Gasteiger partial charge in [0.15, 0.2) is 6.29 Å². The van der Waals surface area contributed by atoms with Crippen molar-refractivity contribution in [2.45, 2.75) is 38.5 Å². The lowest BCUT2D eigenvalue weighted by atomic mass is 9.59. The van der Waals surface area contributed by atoms with Crippen LogP contribution in [0.15, 0.2) is 24.3 Å². The fraction of sp³-hybridized carbons (Fsp3) is 0.304. The highest BCUT2D eigenvalue weighted by Gasteiger charge is 2.45. The van der Waals surface area contributed by atoms with Crippen molar-refractivity contribution in [3.05, 3.63) is 68.8 Å². The molecule has 0 atom stereocenters. The molecular weight excluding hydrogens is 372 g/mol. The highest BCUT2D eigenvalue weighted by Crippen LogP contribution is 2.51. The summed E-state index contributed by atoms with van der Waals surface area (Å²) in [6.45, 7) is 7.94. The summed E-state index contributed by atoms with van der Waals surface area (Å²) < 4.78 is 9.63. The molecule has 0 saturated carbocycles. The molecule has 4 rings (SSSR count). The molecule has 0 radical (unpaired) electrons. The van der Waals surface area contributed by atoms with Crippen molar-refractivity contribution in [2.24, 2.45) is 0 Å². The molecule has 2 aromatic rings. The van der Waals surface area contributed by atoms with Crippen molar-refractivity contribution in [3.8, 4) is 0 Å². The molecule has 1 aliphatic heterocycles. The SMILES string of the molecule is COC(=O)c1cc2c(cc1C=O)C(C)(C)c1cc3c(cc1C2(C)C)C(=O)OC3=O. The van der Waals surface area contributed by atoms with Crippen LogP contribution < -0.4 is 0 Å². The third kappa shape index (κ3) is 2.41. The molecule has 0 spiro atoms. The van der Waals surface area contributed by atoms with E-state index in [9.17, 15) is 19.2 Å². The van der Waals surface area contributed by atoms with Gasteiger partial charge < -0.3 is 9.47 Å². The number of fused-ring (bicyclic) bond motifs is 3. The highest BCUT2D eigenvalue weighted by molar-refractivity contribution is 6.15. The van der Waals surface area contributed by atoms with E-state index in [-0.39, 0.29) is 22.3 Å². The second-order valence-corrected chi connectivity index (χ2v) is 8.46. The van der Waals surface area contributed by atoms with Gasteiger partial charge in [0.05, 0.1) is 23.8 Å². The molecule has 1 heterocycles. The maximum absolute atomic E-state index is 12.2. The summed E-state index contributed by atoms with van der Waals surface area (Å²) in [7, 11) is 1.27. The van der Waals surface area contributed by atoms with E-state index in [2.05, 4.69) is 0 Å². The summed E-state index contributed by atoms with van der Waals surface area (Å²) in [5, 5.41) is 0. The first kappa shape index (κ1) is 19.1. The van der Waals surface area contributed by atoms with Crippen LogP contribution in [0.5, 0.6) is 0 Å². The lowest BCUT2D eigenvalue weighted by molar-refractivity contribution is 0.0442. The average molecular weight is 392 g/mol. The number of esters is 3. The molecule has 2 aliphatic rings. The Morgan fingerprint density at radius 2 is 1.31 bits per heavy atom. The maximum Gasteiger partial charge on any atom is 0.346 e. The van der Waals surface area contributed by atoms with E-state index in [1.54, 1.807) is 24.3 Å². The van der Waals surface area contributed by atoms with Gasteiger partial charge >= 0.3 is 17.9 Å². The van der Waals surface area contributed by atoms with Crippen LogP contribution in [0.25, 0.3) is 0 Å². The number of hydrogen-bond donors (Lipinski definition) is 0. The van der Waals surface area contributed by atoms with E-state index >= 15 is 0 Å². The quantitative estimate of drug-likeness (QED) is 0.441. The molecular formula is C23H20O6. The van der Waals surface area contributed by atoms with Gasteiger partial charge in [-0.05, 0) is 46.5 Å². The molecule has 0 bridgehead atoms. The van der Waals surface area contributed by atoms with Gasteiger partial charge in [0.1, 0.15) is 0 Å². The third-order valence-electron chi connectivity index (χ3n) is 6.20. The van der Waals surface area contributed by atoms with Crippen LogP contribution in [0.3, 0.4) is 0 Å². The van der Waals surface area contributed by atoms with Crippen LogP contribution in [0.2, 0.25) is 0 Å². The molecule has 0 saturated heterocycles. The first-order valence-corrected chi connectivity index (χ1v) is 9.22. The zero-order chi connectivity index (χ0) is 21.3. The van der Waals surface area contributed by atoms with Crippen LogP contribution in [-0.2, 0) is 20.3 Å². The summed E-state index contributed by atoms with van der Waals surface area (Å²) in [6, 6.07) is 6.85. The first-order valence-electron chi connectivity index (χ1n) is 9.22. The van der Waals surface area contributed by atoms with Crippen LogP contribution in [0, 0.1) is 0 Å². The van der Waals surface area contributed by atoms with Gasteiger partial charge in [0.2, 0.25) is 0 Å². The number of ether oxygens (including phenoxy) is 2. The minimum atomic E-state index is -0.654. The minimum Gasteiger partial charge on any atom is -0.465 e. The van der Waals surface area contributed by atoms with Gasteiger partial charge in [0, 0.05) is 16.4 Å². The van der Waals surface area contributed by atoms with Gasteiger partial charge in [-0.1, -0.05) is 27.7 Å². The monoisotopic (exact) mass is 392 g/mol. The minimum absolute atomic E-state index is 0.198. The molecule has 1 aliphatic carbocycles. The van der Waals surface area contributed by atoms with E-state index in [1.165, 1.54) is 7.11 Å². The van der Waals surface area contributed by atoms with Crippen molar-refractivity contribution in [3.63, 3.8) is 0 Å². The maximum atomic E-state index is 12.2. The topological polar surface area (TPSA) is 86.7 Å². The van der Waals surface area contributed by atoms with Crippen LogP contribution >= 0.6 is 0 Å². The third-order valence-corrected chi connectivity index (χ3v) is 6.20. The van der Waals surface area contributed by atoms with Crippen LogP contribution in [0.1, 0.15) is 91.4 Å². The normalized spacial score (nSPS) is 17.7. The molecule has 0 aromatic heterocycles. The summed E-state index contributed by atoms with van der Waals surface area (Å²) in [5.74, 6) is -1.89. The van der Waals surface area contributed by atoms with Gasteiger partial charge in [-0.15, -0.1) is 0 Å². The molecule has 148 valence electrons. The Bertz CT molecular complexity index is 1140. The number of benzene rings is 2. The van der Waals surface area contributed by atoms with Crippen molar-refractivity contribution in [2.75, 3.05) is 7.11 Å². The number of carbonyl (C=O) groups is 4. The molecule has 0 fully saturated rings. The first-order chi connectivity index (χ1) is 13.5. The largest absolute Gasteiger partial charge is 0.465 e. The highest BCUT2D eigenvalue weighted by atomic mass is 16.6. The summed E-state index contributed by atoms with van der Waals surface area (Å²) in [6.07, 6.45) is 0.643. The molecule has 2 aromatic carbocycles. The predicted molar refractivity (Wildman–Crippen MR) is 104 cm³/mol. The molecule has 29 heavy (non-hydrogen) atoms. The number of cyclic esters (lactones) is 2. The fourth-order valence-corrected chi connectivity index (χ4v) is 4.49. The average Bonchev–Trinajstić information content (AvgIpc) is 2.97. The van der Waals surface area contributed by atoms with Crippen molar-refractivity contribution < 1.29 is 28.7 Å². The number of aldehydes is 1. The van der Waals surface area contributed by atoms with E-state index in [0.29, 0.717) is 6.29 Å². The number of hydrogen-bond acceptors (Lipinski definition) is 6. The Kier molecular flexibility index (Phi) is 3.85. The summed E-state index contributed by atoms with van der Waals surface area (Å²) in [4.78, 5) is 48.1. The van der Waals surface area contributed by atoms with Gasteiger partial charge in [-0.3, -0.25) is 4.79 Å². The number of carbonyl (C=O) groups excluding carboxylic acids is 4. The molecule has 6 nitrogen and oxygen atoms in total. The zero-order valence-electron chi connectivity index (χ0n) is 16.8. The van der Waals surface area contributed by atoms with E-state index in [0.717, 1.165) is 22.3 Å². The smallest absolute Gasteiger partial charge is 0.346 e.